The average Bonchev–Trinajstić information content (AvgIpc) is 2.78. The number of aromatic nitrogens is 2. The molecular formula is C17H21N3OS2. The molecule has 0 saturated carbocycles. The molecule has 0 saturated heterocycles. The Bertz CT molecular complexity index is 742. The maximum atomic E-state index is 12.4. The second-order valence-electron chi connectivity index (χ2n) is 5.20. The molecule has 2 rings (SSSR count). The van der Waals surface area contributed by atoms with Crippen LogP contribution in [-0.4, -0.2) is 39.6 Å². The van der Waals surface area contributed by atoms with Gasteiger partial charge in [0, 0.05) is 23.4 Å². The van der Waals surface area contributed by atoms with Gasteiger partial charge < -0.3 is 4.90 Å². The molecule has 0 N–H and O–H groups in total. The van der Waals surface area contributed by atoms with Gasteiger partial charge in [-0.25, -0.2) is 9.97 Å². The number of rotatable bonds is 7. The summed E-state index contributed by atoms with van der Waals surface area (Å²) >= 11 is 3.15. The van der Waals surface area contributed by atoms with E-state index in [-0.39, 0.29) is 5.91 Å². The van der Waals surface area contributed by atoms with E-state index in [0.717, 1.165) is 21.1 Å². The Hall–Kier alpha value is -1.66. The Balaban J connectivity index is 2.23. The van der Waals surface area contributed by atoms with Gasteiger partial charge >= 0.3 is 0 Å². The molecule has 2 aromatic heterocycles. The fourth-order valence-electron chi connectivity index (χ4n) is 2.23. The van der Waals surface area contributed by atoms with Crippen molar-refractivity contribution in [3.8, 4) is 0 Å². The molecule has 0 aliphatic carbocycles. The molecule has 23 heavy (non-hydrogen) atoms. The molecule has 2 heterocycles. The van der Waals surface area contributed by atoms with E-state index in [4.69, 9.17) is 0 Å². The number of fused-ring (bicyclic) bond motifs is 1. The summed E-state index contributed by atoms with van der Waals surface area (Å²) in [6, 6.07) is 0. The van der Waals surface area contributed by atoms with E-state index in [1.807, 2.05) is 6.92 Å². The second-order valence-corrected chi connectivity index (χ2v) is 7.37. The smallest absolute Gasteiger partial charge is 0.233 e. The summed E-state index contributed by atoms with van der Waals surface area (Å²) in [5.74, 6) is 1.15. The van der Waals surface area contributed by atoms with Crippen LogP contribution >= 0.6 is 23.1 Å². The third-order valence-corrected chi connectivity index (χ3v) is 5.55. The first kappa shape index (κ1) is 17.7. The van der Waals surface area contributed by atoms with E-state index < -0.39 is 0 Å². The minimum Gasteiger partial charge on any atom is -0.335 e. The van der Waals surface area contributed by atoms with Crippen LogP contribution in [0.15, 0.2) is 30.3 Å². The summed E-state index contributed by atoms with van der Waals surface area (Å²) in [4.78, 5) is 25.4. The Morgan fingerprint density at radius 3 is 2.48 bits per heavy atom. The van der Waals surface area contributed by atoms with E-state index in [0.29, 0.717) is 18.8 Å². The molecule has 0 fully saturated rings. The van der Waals surface area contributed by atoms with Crippen LogP contribution in [0.3, 0.4) is 0 Å². The molecule has 0 atom stereocenters. The van der Waals surface area contributed by atoms with Crippen molar-refractivity contribution < 1.29 is 4.79 Å². The van der Waals surface area contributed by atoms with Crippen molar-refractivity contribution in [3.05, 3.63) is 41.6 Å². The van der Waals surface area contributed by atoms with Crippen LogP contribution in [-0.2, 0) is 4.79 Å². The number of hydrogen-bond acceptors (Lipinski definition) is 5. The van der Waals surface area contributed by atoms with E-state index in [9.17, 15) is 4.79 Å². The summed E-state index contributed by atoms with van der Waals surface area (Å²) in [7, 11) is 0. The van der Waals surface area contributed by atoms with Gasteiger partial charge in [0.1, 0.15) is 15.7 Å². The number of nitrogens with zero attached hydrogens (tertiary/aromatic N) is 3. The number of carbonyl (C=O) groups is 1. The first-order valence-corrected chi connectivity index (χ1v) is 9.14. The van der Waals surface area contributed by atoms with Crippen LogP contribution in [0.1, 0.15) is 16.3 Å². The molecule has 0 radical (unpaired) electrons. The van der Waals surface area contributed by atoms with E-state index in [2.05, 4.69) is 37.0 Å². The van der Waals surface area contributed by atoms with Crippen LogP contribution < -0.4 is 0 Å². The number of thiophene rings is 1. The first-order valence-electron chi connectivity index (χ1n) is 7.34. The van der Waals surface area contributed by atoms with Crippen LogP contribution in [0.5, 0.6) is 0 Å². The molecule has 122 valence electrons. The van der Waals surface area contributed by atoms with Crippen molar-refractivity contribution in [1.29, 1.82) is 0 Å². The first-order chi connectivity index (χ1) is 11.0. The van der Waals surface area contributed by atoms with Gasteiger partial charge in [-0.15, -0.1) is 24.5 Å². The maximum Gasteiger partial charge on any atom is 0.233 e. The van der Waals surface area contributed by atoms with Crippen molar-refractivity contribution in [2.75, 3.05) is 18.8 Å². The number of thioether (sulfide) groups is 1. The predicted octanol–water partition coefficient (Wildman–Crippen LogP) is 3.91. The molecule has 0 spiro atoms. The minimum atomic E-state index is 0.0591. The molecule has 2 aromatic rings. The average molecular weight is 348 g/mol. The molecule has 1 amide bonds. The Labute approximate surface area is 145 Å². The molecule has 4 nitrogen and oxygen atoms in total. The van der Waals surface area contributed by atoms with Gasteiger partial charge in [0.15, 0.2) is 0 Å². The lowest BCUT2D eigenvalue weighted by molar-refractivity contribution is -0.127. The Morgan fingerprint density at radius 2 is 1.87 bits per heavy atom. The topological polar surface area (TPSA) is 46.1 Å². The van der Waals surface area contributed by atoms with E-state index in [1.165, 1.54) is 22.2 Å². The van der Waals surface area contributed by atoms with Crippen molar-refractivity contribution in [2.24, 2.45) is 0 Å². The fraction of sp³-hybridized carbons (Fsp3) is 0.353. The zero-order valence-electron chi connectivity index (χ0n) is 13.8. The van der Waals surface area contributed by atoms with Gasteiger partial charge in [-0.1, -0.05) is 23.9 Å². The largest absolute Gasteiger partial charge is 0.335 e. The second kappa shape index (κ2) is 7.75. The van der Waals surface area contributed by atoms with Crippen molar-refractivity contribution in [2.45, 2.75) is 25.8 Å². The quantitative estimate of drug-likeness (QED) is 0.433. The highest BCUT2D eigenvalue weighted by molar-refractivity contribution is 8.00. The zero-order chi connectivity index (χ0) is 17.0. The van der Waals surface area contributed by atoms with Crippen LogP contribution in [0.25, 0.3) is 10.2 Å². The molecule has 0 unspecified atom stereocenters. The zero-order valence-corrected chi connectivity index (χ0v) is 15.4. The van der Waals surface area contributed by atoms with Crippen molar-refractivity contribution in [1.82, 2.24) is 14.9 Å². The normalized spacial score (nSPS) is 10.7. The molecule has 0 aliphatic rings. The fourth-order valence-corrected chi connectivity index (χ4v) is 4.40. The third kappa shape index (κ3) is 4.00. The predicted molar refractivity (Wildman–Crippen MR) is 99.3 cm³/mol. The number of hydrogen-bond donors (Lipinski definition) is 0. The summed E-state index contributed by atoms with van der Waals surface area (Å²) in [5, 5.41) is 1.97. The van der Waals surface area contributed by atoms with Crippen LogP contribution in [0, 0.1) is 20.8 Å². The van der Waals surface area contributed by atoms with Crippen LogP contribution in [0.2, 0.25) is 0 Å². The highest BCUT2D eigenvalue weighted by Crippen LogP contribution is 2.35. The lowest BCUT2D eigenvalue weighted by atomic mass is 10.2. The standard InChI is InChI=1S/C17H21N3OS2/c1-6-8-20(9-7-2)14(21)10-22-16-15-11(3)12(4)23-17(15)19-13(5)18-16/h6-7H,1-2,8-10H2,3-5H3. The highest BCUT2D eigenvalue weighted by atomic mass is 32.2. The molecule has 6 heteroatoms. The van der Waals surface area contributed by atoms with Gasteiger partial charge in [-0.3, -0.25) is 4.79 Å². The molecule has 0 aliphatic heterocycles. The summed E-state index contributed by atoms with van der Waals surface area (Å²) in [6.45, 7) is 14.5. The van der Waals surface area contributed by atoms with Gasteiger partial charge in [-0.05, 0) is 26.3 Å². The lowest BCUT2D eigenvalue weighted by Crippen LogP contribution is -2.32. The van der Waals surface area contributed by atoms with Crippen LogP contribution in [0.4, 0.5) is 0 Å². The van der Waals surface area contributed by atoms with Crippen molar-refractivity contribution >= 4 is 39.2 Å². The van der Waals surface area contributed by atoms with E-state index >= 15 is 0 Å². The lowest BCUT2D eigenvalue weighted by Gasteiger charge is -2.18. The molecule has 0 bridgehead atoms. The third-order valence-electron chi connectivity index (χ3n) is 3.49. The summed E-state index contributed by atoms with van der Waals surface area (Å²) in [5.41, 5.74) is 1.20. The summed E-state index contributed by atoms with van der Waals surface area (Å²) < 4.78 is 0. The SMILES string of the molecule is C=CCN(CC=C)C(=O)CSc1nc(C)nc2sc(C)c(C)c12. The van der Waals surface area contributed by atoms with E-state index in [1.54, 1.807) is 28.4 Å². The van der Waals surface area contributed by atoms with Gasteiger partial charge in [0.25, 0.3) is 0 Å². The Morgan fingerprint density at radius 1 is 1.22 bits per heavy atom. The van der Waals surface area contributed by atoms with Crippen molar-refractivity contribution in [3.63, 3.8) is 0 Å². The number of amides is 1. The summed E-state index contributed by atoms with van der Waals surface area (Å²) in [6.07, 6.45) is 3.46. The molecule has 0 aromatic carbocycles. The van der Waals surface area contributed by atoms with Gasteiger partial charge in [0.05, 0.1) is 5.75 Å². The van der Waals surface area contributed by atoms with Gasteiger partial charge in [-0.2, -0.15) is 0 Å². The highest BCUT2D eigenvalue weighted by Gasteiger charge is 2.17. The number of aryl methyl sites for hydroxylation is 3. The monoisotopic (exact) mass is 347 g/mol. The maximum absolute atomic E-state index is 12.4. The van der Waals surface area contributed by atoms with Gasteiger partial charge in [0.2, 0.25) is 5.91 Å². The molecular weight excluding hydrogens is 326 g/mol. The number of carbonyl (C=O) groups excluding carboxylic acids is 1. The minimum absolute atomic E-state index is 0.0591. The Kier molecular flexibility index (Phi) is 5.96.